The quantitative estimate of drug-likeness (QED) is 0.371. The molecule has 0 aliphatic carbocycles. The Morgan fingerprint density at radius 1 is 1.11 bits per heavy atom. The van der Waals surface area contributed by atoms with Crippen molar-refractivity contribution in [3.05, 3.63) is 0 Å². The molecular weight excluding hydrogens is 267 g/mol. The molecular formula is H8AgClN2O4S. The van der Waals surface area contributed by atoms with E-state index < -0.39 is 10.4 Å². The van der Waals surface area contributed by atoms with Gasteiger partial charge in [-0.25, -0.2) is 0 Å². The molecule has 9 heavy (non-hydrogen) atoms. The van der Waals surface area contributed by atoms with Crippen molar-refractivity contribution in [1.29, 1.82) is 0 Å². The maximum atomic E-state index is 8.74. The molecule has 0 aromatic heterocycles. The van der Waals surface area contributed by atoms with Crippen LogP contribution < -0.4 is 12.3 Å². The van der Waals surface area contributed by atoms with Gasteiger partial charge in [0.05, 0.1) is 0 Å². The van der Waals surface area contributed by atoms with Crippen molar-refractivity contribution in [2.75, 3.05) is 0 Å². The molecule has 8 N–H and O–H groups in total. The van der Waals surface area contributed by atoms with E-state index in [2.05, 4.69) is 29.2 Å². The zero-order chi connectivity index (χ0) is 6.50. The van der Waals surface area contributed by atoms with Gasteiger partial charge >= 0.3 is 39.6 Å². The topological polar surface area (TPSA) is 145 Å². The number of halogens is 1. The van der Waals surface area contributed by atoms with Crippen molar-refractivity contribution in [2.45, 2.75) is 0 Å². The van der Waals surface area contributed by atoms with E-state index in [0.29, 0.717) is 0 Å². The van der Waals surface area contributed by atoms with E-state index in [9.17, 15) is 0 Å². The van der Waals surface area contributed by atoms with Gasteiger partial charge < -0.3 is 12.3 Å². The Morgan fingerprint density at radius 2 is 1.11 bits per heavy atom. The summed E-state index contributed by atoms with van der Waals surface area (Å²) in [7, 11) is -0.218. The first-order valence-electron chi connectivity index (χ1n) is 0.812. The molecule has 0 aliphatic rings. The molecule has 0 fully saturated rings. The first-order chi connectivity index (χ1) is 3.00. The standard InChI is InChI=1S/Ag.ClH.2H3N.H2O4S/c;;;;1-5(2,3)4/h;1H;2*1H3;(H2,1,2,3,4)/q+1;;;;/p-1. The Morgan fingerprint density at radius 3 is 1.11 bits per heavy atom. The molecule has 0 atom stereocenters. The summed E-state index contributed by atoms with van der Waals surface area (Å²) in [5.74, 6) is 0. The van der Waals surface area contributed by atoms with Gasteiger partial charge in [0.25, 0.3) is 0 Å². The zero-order valence-corrected chi connectivity index (χ0v) is 7.27. The predicted molar refractivity (Wildman–Crippen MR) is 30.1 cm³/mol. The van der Waals surface area contributed by atoms with Crippen molar-refractivity contribution >= 4 is 19.6 Å². The van der Waals surface area contributed by atoms with E-state index in [1.165, 1.54) is 0 Å². The molecule has 6 nitrogen and oxygen atoms in total. The summed E-state index contributed by atoms with van der Waals surface area (Å²) in [6.45, 7) is 0. The first-order valence-corrected chi connectivity index (χ1v) is 4.12. The van der Waals surface area contributed by atoms with Crippen LogP contribution in [0.5, 0.6) is 0 Å². The number of hydrogen-bond acceptors (Lipinski definition) is 4. The fourth-order valence-electron chi connectivity index (χ4n) is 0. The third kappa shape index (κ3) is 610. The molecule has 0 amide bonds. The summed E-state index contributed by atoms with van der Waals surface area (Å²) in [6.07, 6.45) is 0. The van der Waals surface area contributed by atoms with Gasteiger partial charge in [0.1, 0.15) is 0 Å². The van der Waals surface area contributed by atoms with Crippen molar-refractivity contribution < 1.29 is 37.5 Å². The molecule has 0 aromatic carbocycles. The Hall–Kier alpha value is 0.820. The van der Waals surface area contributed by atoms with Crippen LogP contribution in [-0.4, -0.2) is 17.5 Å². The minimum absolute atomic E-state index is 0. The first kappa shape index (κ1) is 22.6. The monoisotopic (exact) mass is 274 g/mol. The summed E-state index contributed by atoms with van der Waals surface area (Å²) in [6, 6.07) is 0. The third-order valence-corrected chi connectivity index (χ3v) is 0. The summed E-state index contributed by atoms with van der Waals surface area (Å²) < 4.78 is 31.6. The SMILES string of the molecule is N.N.O=S(=O)(O)O.[Cl][Ag]. The van der Waals surface area contributed by atoms with E-state index >= 15 is 0 Å². The van der Waals surface area contributed by atoms with Crippen LogP contribution in [0.4, 0.5) is 0 Å². The van der Waals surface area contributed by atoms with Crippen LogP contribution in [-0.2, 0) is 30.4 Å². The van der Waals surface area contributed by atoms with Gasteiger partial charge in [-0.15, -0.1) is 0 Å². The zero-order valence-electron chi connectivity index (χ0n) is 4.21. The van der Waals surface area contributed by atoms with Gasteiger partial charge in [0.2, 0.25) is 0 Å². The summed E-state index contributed by atoms with van der Waals surface area (Å²) in [5.41, 5.74) is 0. The third-order valence-electron chi connectivity index (χ3n) is 0. The second-order valence-corrected chi connectivity index (χ2v) is 1.34. The fourth-order valence-corrected chi connectivity index (χ4v) is 0. The van der Waals surface area contributed by atoms with Gasteiger partial charge in [0.15, 0.2) is 0 Å². The molecule has 9 heteroatoms. The minimum atomic E-state index is -4.67. The van der Waals surface area contributed by atoms with Gasteiger partial charge in [-0.1, -0.05) is 0 Å². The molecule has 0 heterocycles. The van der Waals surface area contributed by atoms with Gasteiger partial charge in [0, 0.05) is 0 Å². The average Bonchev–Trinajstić information content (AvgIpc) is 1.36. The average molecular weight is 275 g/mol. The van der Waals surface area contributed by atoms with E-state index in [1.54, 1.807) is 0 Å². The summed E-state index contributed by atoms with van der Waals surface area (Å²) >= 11 is 2.42. The van der Waals surface area contributed by atoms with Crippen LogP contribution in [0.15, 0.2) is 0 Å². The molecule has 0 rings (SSSR count). The molecule has 0 aromatic rings. The van der Waals surface area contributed by atoms with Crippen molar-refractivity contribution in [3.63, 3.8) is 0 Å². The Kier molecular flexibility index (Phi) is 29.1. The Bertz CT molecular complexity index is 102. The van der Waals surface area contributed by atoms with E-state index in [-0.39, 0.29) is 12.3 Å². The van der Waals surface area contributed by atoms with Crippen molar-refractivity contribution in [2.24, 2.45) is 0 Å². The van der Waals surface area contributed by atoms with Crippen molar-refractivity contribution in [3.8, 4) is 0 Å². The summed E-state index contributed by atoms with van der Waals surface area (Å²) in [4.78, 5) is 0. The van der Waals surface area contributed by atoms with Crippen LogP contribution in [0.3, 0.4) is 0 Å². The fraction of sp³-hybridized carbons (Fsp3) is 0. The predicted octanol–water partition coefficient (Wildman–Crippen LogP) is 0.358. The second-order valence-electron chi connectivity index (χ2n) is 0.448. The molecule has 0 bridgehead atoms. The molecule has 66 valence electrons. The molecule has 0 aliphatic heterocycles. The Labute approximate surface area is 69.5 Å². The van der Waals surface area contributed by atoms with Crippen LogP contribution in [0.1, 0.15) is 0 Å². The summed E-state index contributed by atoms with van der Waals surface area (Å²) in [5, 5.41) is 0. The maximum absolute atomic E-state index is 8.74. The molecule has 0 radical (unpaired) electrons. The van der Waals surface area contributed by atoms with E-state index in [4.69, 9.17) is 17.5 Å². The second kappa shape index (κ2) is 11.6. The van der Waals surface area contributed by atoms with Crippen LogP contribution >= 0.6 is 9.19 Å². The normalized spacial score (nSPS) is 7.22. The van der Waals surface area contributed by atoms with E-state index in [0.717, 1.165) is 0 Å². The molecule has 0 unspecified atom stereocenters. The van der Waals surface area contributed by atoms with Crippen LogP contribution in [0.25, 0.3) is 0 Å². The molecule has 0 saturated heterocycles. The van der Waals surface area contributed by atoms with Crippen LogP contribution in [0, 0.1) is 0 Å². The number of hydrogen-bond donors (Lipinski definition) is 4. The van der Waals surface area contributed by atoms with E-state index in [1.807, 2.05) is 0 Å². The van der Waals surface area contributed by atoms with Gasteiger partial charge in [-0.05, 0) is 0 Å². The number of rotatable bonds is 0. The molecule has 0 saturated carbocycles. The Balaban J connectivity index is -0.0000000286. The molecule has 0 spiro atoms. The van der Waals surface area contributed by atoms with Crippen molar-refractivity contribution in [1.82, 2.24) is 12.3 Å². The van der Waals surface area contributed by atoms with Crippen LogP contribution in [0.2, 0.25) is 0 Å². The van der Waals surface area contributed by atoms with Gasteiger partial charge in [-0.2, -0.15) is 8.42 Å². The van der Waals surface area contributed by atoms with Gasteiger partial charge in [-0.3, -0.25) is 9.11 Å².